The van der Waals surface area contributed by atoms with Crippen LogP contribution in [0.15, 0.2) is 29.8 Å². The van der Waals surface area contributed by atoms with Crippen LogP contribution in [0.5, 0.6) is 0 Å². The molecule has 2 rings (SSSR count). The molecule has 1 aromatic carbocycles. The van der Waals surface area contributed by atoms with E-state index in [0.29, 0.717) is 10.6 Å². The maximum atomic E-state index is 13.5. The highest BCUT2D eigenvalue weighted by Gasteiger charge is 2.10. The number of carboxylic acid groups (broad SMARTS) is 1. The zero-order valence-electron chi connectivity index (χ0n) is 7.48. The van der Waals surface area contributed by atoms with E-state index in [2.05, 4.69) is 4.98 Å². The predicted molar refractivity (Wildman–Crippen MR) is 54.5 cm³/mol. The maximum Gasteiger partial charge on any atom is 0.335 e. The van der Waals surface area contributed by atoms with Crippen LogP contribution < -0.4 is 0 Å². The van der Waals surface area contributed by atoms with Crippen LogP contribution in [0.1, 0.15) is 10.4 Å². The Morgan fingerprint density at radius 2 is 2.27 bits per heavy atom. The van der Waals surface area contributed by atoms with Crippen LogP contribution in [0.25, 0.3) is 10.6 Å². The predicted octanol–water partition coefficient (Wildman–Crippen LogP) is 2.65. The molecule has 2 aromatic rings. The fraction of sp³-hybridized carbons (Fsp3) is 0. The van der Waals surface area contributed by atoms with Crippen molar-refractivity contribution in [1.82, 2.24) is 4.98 Å². The summed E-state index contributed by atoms with van der Waals surface area (Å²) in [5.41, 5.74) is 0.266. The fourth-order valence-corrected chi connectivity index (χ4v) is 1.84. The second-order valence-electron chi connectivity index (χ2n) is 2.84. The van der Waals surface area contributed by atoms with Gasteiger partial charge < -0.3 is 5.11 Å². The third-order valence-electron chi connectivity index (χ3n) is 1.88. The van der Waals surface area contributed by atoms with Gasteiger partial charge in [-0.15, -0.1) is 11.3 Å². The van der Waals surface area contributed by atoms with Crippen molar-refractivity contribution in [2.24, 2.45) is 0 Å². The normalized spacial score (nSPS) is 10.2. The van der Waals surface area contributed by atoms with Crippen LogP contribution in [0.3, 0.4) is 0 Å². The van der Waals surface area contributed by atoms with Gasteiger partial charge in [0.2, 0.25) is 0 Å². The molecule has 0 aliphatic carbocycles. The lowest BCUT2D eigenvalue weighted by Gasteiger charge is -2.00. The van der Waals surface area contributed by atoms with Gasteiger partial charge in [0.05, 0.1) is 5.56 Å². The summed E-state index contributed by atoms with van der Waals surface area (Å²) in [7, 11) is 0. The lowest BCUT2D eigenvalue weighted by molar-refractivity contribution is 0.0696. The molecule has 1 aromatic heterocycles. The van der Waals surface area contributed by atoms with Gasteiger partial charge in [0.25, 0.3) is 0 Å². The molecule has 0 spiro atoms. The minimum Gasteiger partial charge on any atom is -0.478 e. The second-order valence-corrected chi connectivity index (χ2v) is 3.73. The molecule has 0 unspecified atom stereocenters. The quantitative estimate of drug-likeness (QED) is 0.851. The molecule has 0 saturated heterocycles. The van der Waals surface area contributed by atoms with Gasteiger partial charge in [-0.05, 0) is 18.2 Å². The van der Waals surface area contributed by atoms with E-state index >= 15 is 0 Å². The third-order valence-corrected chi connectivity index (χ3v) is 2.69. The monoisotopic (exact) mass is 223 g/mol. The van der Waals surface area contributed by atoms with E-state index in [1.54, 1.807) is 11.6 Å². The van der Waals surface area contributed by atoms with E-state index in [-0.39, 0.29) is 5.56 Å². The Balaban J connectivity index is 2.48. The Morgan fingerprint density at radius 3 is 2.80 bits per heavy atom. The van der Waals surface area contributed by atoms with Gasteiger partial charge in [-0.2, -0.15) is 0 Å². The van der Waals surface area contributed by atoms with Crippen molar-refractivity contribution >= 4 is 17.3 Å². The van der Waals surface area contributed by atoms with E-state index in [9.17, 15) is 9.18 Å². The number of hydrogen-bond donors (Lipinski definition) is 1. The average Bonchev–Trinajstić information content (AvgIpc) is 2.70. The molecule has 1 N–H and O–H groups in total. The average molecular weight is 223 g/mol. The van der Waals surface area contributed by atoms with Crippen LogP contribution in [0.2, 0.25) is 0 Å². The summed E-state index contributed by atoms with van der Waals surface area (Å²) in [6, 6.07) is 3.79. The maximum absolute atomic E-state index is 13.5. The molecular formula is C10H6FNO2S. The first-order valence-electron chi connectivity index (χ1n) is 4.11. The van der Waals surface area contributed by atoms with Crippen molar-refractivity contribution in [3.05, 3.63) is 41.2 Å². The minimum absolute atomic E-state index is 0.0622. The molecule has 0 fully saturated rings. The van der Waals surface area contributed by atoms with Gasteiger partial charge in [-0.1, -0.05) is 0 Å². The van der Waals surface area contributed by atoms with Crippen LogP contribution in [-0.2, 0) is 0 Å². The Morgan fingerprint density at radius 1 is 1.47 bits per heavy atom. The molecule has 0 amide bonds. The van der Waals surface area contributed by atoms with Gasteiger partial charge >= 0.3 is 5.97 Å². The summed E-state index contributed by atoms with van der Waals surface area (Å²) < 4.78 is 13.5. The van der Waals surface area contributed by atoms with E-state index in [1.165, 1.54) is 23.5 Å². The van der Waals surface area contributed by atoms with Crippen molar-refractivity contribution in [1.29, 1.82) is 0 Å². The molecule has 5 heteroatoms. The first-order chi connectivity index (χ1) is 7.18. The first kappa shape index (κ1) is 9.79. The fourth-order valence-electron chi connectivity index (χ4n) is 1.18. The van der Waals surface area contributed by atoms with Crippen molar-refractivity contribution in [3.8, 4) is 10.6 Å². The zero-order valence-corrected chi connectivity index (χ0v) is 8.29. The summed E-state index contributed by atoms with van der Waals surface area (Å²) in [5.74, 6) is -1.70. The first-order valence-corrected chi connectivity index (χ1v) is 4.99. The SMILES string of the molecule is O=C(O)c1ccc(-c2nccs2)c(F)c1. The number of halogens is 1. The van der Waals surface area contributed by atoms with Gasteiger partial charge in [-0.3, -0.25) is 0 Å². The summed E-state index contributed by atoms with van der Waals surface area (Å²) in [4.78, 5) is 14.5. The minimum atomic E-state index is -1.14. The Bertz CT molecular complexity index is 496. The van der Waals surface area contributed by atoms with Crippen molar-refractivity contribution in [3.63, 3.8) is 0 Å². The van der Waals surface area contributed by atoms with Crippen LogP contribution >= 0.6 is 11.3 Å². The molecule has 0 aliphatic heterocycles. The molecule has 15 heavy (non-hydrogen) atoms. The number of nitrogens with zero attached hydrogens (tertiary/aromatic N) is 1. The summed E-state index contributed by atoms with van der Waals surface area (Å²) in [6.45, 7) is 0. The highest BCUT2D eigenvalue weighted by atomic mass is 32.1. The number of carbonyl (C=O) groups is 1. The number of thiazole rings is 1. The van der Waals surface area contributed by atoms with Gasteiger partial charge in [-0.25, -0.2) is 14.2 Å². The Kier molecular flexibility index (Phi) is 2.47. The van der Waals surface area contributed by atoms with Gasteiger partial charge in [0.15, 0.2) is 0 Å². The highest BCUT2D eigenvalue weighted by molar-refractivity contribution is 7.13. The van der Waals surface area contributed by atoms with E-state index in [0.717, 1.165) is 6.07 Å². The molecule has 0 aliphatic rings. The van der Waals surface area contributed by atoms with Crippen LogP contribution in [0.4, 0.5) is 4.39 Å². The van der Waals surface area contributed by atoms with E-state index in [1.807, 2.05) is 0 Å². The number of aromatic nitrogens is 1. The summed E-state index contributed by atoms with van der Waals surface area (Å²) in [5, 5.41) is 10.9. The molecule has 76 valence electrons. The second kappa shape index (κ2) is 3.78. The number of rotatable bonds is 2. The smallest absolute Gasteiger partial charge is 0.335 e. The van der Waals surface area contributed by atoms with Crippen molar-refractivity contribution in [2.75, 3.05) is 0 Å². The van der Waals surface area contributed by atoms with Crippen molar-refractivity contribution in [2.45, 2.75) is 0 Å². The number of hydrogen-bond acceptors (Lipinski definition) is 3. The Labute approximate surface area is 88.8 Å². The summed E-state index contributed by atoms with van der Waals surface area (Å²) >= 11 is 1.31. The van der Waals surface area contributed by atoms with Crippen LogP contribution in [0, 0.1) is 5.82 Å². The number of benzene rings is 1. The molecule has 0 radical (unpaired) electrons. The number of carboxylic acids is 1. The molecule has 1 heterocycles. The largest absolute Gasteiger partial charge is 0.478 e. The zero-order chi connectivity index (χ0) is 10.8. The molecule has 3 nitrogen and oxygen atoms in total. The van der Waals surface area contributed by atoms with Crippen LogP contribution in [-0.4, -0.2) is 16.1 Å². The number of aromatic carboxylic acids is 1. The molecule has 0 atom stereocenters. The lowest BCUT2D eigenvalue weighted by Crippen LogP contribution is -1.97. The molecular weight excluding hydrogens is 217 g/mol. The molecule has 0 saturated carbocycles. The van der Waals surface area contributed by atoms with Gasteiger partial charge in [0.1, 0.15) is 10.8 Å². The van der Waals surface area contributed by atoms with Crippen molar-refractivity contribution < 1.29 is 14.3 Å². The van der Waals surface area contributed by atoms with E-state index in [4.69, 9.17) is 5.11 Å². The standard InChI is InChI=1S/C10H6FNO2S/c11-8-5-6(10(13)14)1-2-7(8)9-12-3-4-15-9/h1-5H,(H,13,14). The van der Waals surface area contributed by atoms with Gasteiger partial charge in [0, 0.05) is 17.1 Å². The Hall–Kier alpha value is -1.75. The van der Waals surface area contributed by atoms with E-state index < -0.39 is 11.8 Å². The lowest BCUT2D eigenvalue weighted by atomic mass is 10.1. The topological polar surface area (TPSA) is 50.2 Å². The summed E-state index contributed by atoms with van der Waals surface area (Å²) in [6.07, 6.45) is 1.57. The molecule has 0 bridgehead atoms. The highest BCUT2D eigenvalue weighted by Crippen LogP contribution is 2.25. The third kappa shape index (κ3) is 1.87.